The number of rotatable bonds is 5. The molecule has 4 atom stereocenters. The monoisotopic (exact) mass is 416 g/mol. The van der Waals surface area contributed by atoms with E-state index in [-0.39, 0.29) is 18.0 Å². The quantitative estimate of drug-likeness (QED) is 0.712. The van der Waals surface area contributed by atoms with Crippen molar-refractivity contribution >= 4 is 11.9 Å². The summed E-state index contributed by atoms with van der Waals surface area (Å²) in [6.07, 6.45) is 3.36. The molecule has 0 aromatic heterocycles. The predicted octanol–water partition coefficient (Wildman–Crippen LogP) is 1.84. The Morgan fingerprint density at radius 1 is 1.10 bits per heavy atom. The molecule has 0 bridgehead atoms. The highest BCUT2D eigenvalue weighted by Crippen LogP contribution is 2.38. The van der Waals surface area contributed by atoms with Crippen molar-refractivity contribution in [1.82, 2.24) is 10.2 Å². The smallest absolute Gasteiger partial charge is 0.337 e. The number of carbonyl (C=O) groups is 2. The van der Waals surface area contributed by atoms with Gasteiger partial charge in [-0.05, 0) is 80.8 Å². The minimum Gasteiger partial charge on any atom is -0.488 e. The summed E-state index contributed by atoms with van der Waals surface area (Å²) >= 11 is 0. The lowest BCUT2D eigenvalue weighted by molar-refractivity contribution is -0.131. The van der Waals surface area contributed by atoms with Crippen LogP contribution in [0.1, 0.15) is 42.5 Å². The van der Waals surface area contributed by atoms with E-state index in [0.29, 0.717) is 41.9 Å². The summed E-state index contributed by atoms with van der Waals surface area (Å²) < 4.78 is 10.8. The number of methoxy groups -OCH3 is 1. The molecular weight excluding hydrogens is 384 g/mol. The van der Waals surface area contributed by atoms with Crippen LogP contribution in [-0.2, 0) is 9.53 Å². The molecule has 3 fully saturated rings. The van der Waals surface area contributed by atoms with Gasteiger partial charge in [0, 0.05) is 19.5 Å². The fourth-order valence-corrected chi connectivity index (χ4v) is 5.14. The molecule has 30 heavy (non-hydrogen) atoms. The number of hydrogen-bond acceptors (Lipinski definition) is 6. The third kappa shape index (κ3) is 4.78. The molecule has 7 nitrogen and oxygen atoms in total. The van der Waals surface area contributed by atoms with E-state index in [1.165, 1.54) is 7.11 Å². The van der Waals surface area contributed by atoms with Gasteiger partial charge in [0.1, 0.15) is 11.9 Å². The van der Waals surface area contributed by atoms with Gasteiger partial charge in [-0.2, -0.15) is 0 Å². The highest BCUT2D eigenvalue weighted by Gasteiger charge is 2.44. The van der Waals surface area contributed by atoms with E-state index in [0.717, 1.165) is 45.4 Å². The normalized spacial score (nSPS) is 29.3. The van der Waals surface area contributed by atoms with E-state index in [2.05, 4.69) is 5.32 Å². The number of nitrogens with one attached hydrogen (secondary N) is 1. The number of benzene rings is 1. The number of amides is 1. The van der Waals surface area contributed by atoms with Crippen LogP contribution in [0.25, 0.3) is 0 Å². The average molecular weight is 417 g/mol. The Hall–Kier alpha value is -2.12. The fourth-order valence-electron chi connectivity index (χ4n) is 5.14. The minimum atomic E-state index is -0.550. The fraction of sp³-hybridized carbons (Fsp3) is 0.652. The first-order valence-corrected chi connectivity index (χ1v) is 11.0. The molecule has 0 spiro atoms. The summed E-state index contributed by atoms with van der Waals surface area (Å²) in [5.74, 6) is 1.71. The van der Waals surface area contributed by atoms with Crippen LogP contribution in [0.15, 0.2) is 24.3 Å². The summed E-state index contributed by atoms with van der Waals surface area (Å²) in [7, 11) is 1.35. The highest BCUT2D eigenvalue weighted by molar-refractivity contribution is 5.89. The number of carbonyl (C=O) groups excluding carboxylic acids is 2. The third-order valence-electron chi connectivity index (χ3n) is 6.92. The molecule has 2 heterocycles. The van der Waals surface area contributed by atoms with E-state index in [1.54, 1.807) is 24.3 Å². The van der Waals surface area contributed by atoms with Gasteiger partial charge >= 0.3 is 5.97 Å². The van der Waals surface area contributed by atoms with Gasteiger partial charge < -0.3 is 24.8 Å². The molecule has 1 aromatic rings. The molecule has 1 amide bonds. The van der Waals surface area contributed by atoms with Crippen molar-refractivity contribution in [3.05, 3.63) is 29.8 Å². The van der Waals surface area contributed by atoms with Gasteiger partial charge in [0.2, 0.25) is 5.91 Å². The summed E-state index contributed by atoms with van der Waals surface area (Å²) in [5.41, 5.74) is 0.466. The number of fused-ring (bicyclic) bond motifs is 1. The van der Waals surface area contributed by atoms with E-state index < -0.39 is 6.10 Å². The Morgan fingerprint density at radius 2 is 1.77 bits per heavy atom. The van der Waals surface area contributed by atoms with Crippen molar-refractivity contribution in [2.45, 2.75) is 44.3 Å². The second-order valence-corrected chi connectivity index (χ2v) is 8.93. The topological polar surface area (TPSA) is 88.1 Å². The zero-order valence-electron chi connectivity index (χ0n) is 17.6. The third-order valence-corrected chi connectivity index (χ3v) is 6.92. The van der Waals surface area contributed by atoms with E-state index in [4.69, 9.17) is 9.47 Å². The van der Waals surface area contributed by atoms with Crippen molar-refractivity contribution in [3.8, 4) is 5.75 Å². The van der Waals surface area contributed by atoms with E-state index in [9.17, 15) is 14.7 Å². The van der Waals surface area contributed by atoms with Crippen molar-refractivity contribution < 1.29 is 24.2 Å². The lowest BCUT2D eigenvalue weighted by Crippen LogP contribution is -2.42. The zero-order valence-corrected chi connectivity index (χ0v) is 17.6. The number of hydrogen-bond donors (Lipinski definition) is 2. The summed E-state index contributed by atoms with van der Waals surface area (Å²) in [4.78, 5) is 26.4. The van der Waals surface area contributed by atoms with Crippen LogP contribution in [0.3, 0.4) is 0 Å². The van der Waals surface area contributed by atoms with Crippen LogP contribution in [0, 0.1) is 17.8 Å². The first-order chi connectivity index (χ1) is 14.5. The number of piperidine rings is 1. The van der Waals surface area contributed by atoms with Gasteiger partial charge in [0.15, 0.2) is 0 Å². The van der Waals surface area contributed by atoms with Crippen LogP contribution >= 0.6 is 0 Å². The Kier molecular flexibility index (Phi) is 6.58. The van der Waals surface area contributed by atoms with Gasteiger partial charge in [-0.1, -0.05) is 0 Å². The zero-order chi connectivity index (χ0) is 21.1. The Morgan fingerprint density at radius 3 is 2.43 bits per heavy atom. The molecule has 164 valence electrons. The number of likely N-dealkylation sites (tertiary alicyclic amines) is 1. The number of esters is 1. The van der Waals surface area contributed by atoms with Crippen molar-refractivity contribution in [2.24, 2.45) is 17.8 Å². The number of ether oxygens (including phenoxy) is 2. The molecule has 2 N–H and O–H groups in total. The average Bonchev–Trinajstić information content (AvgIpc) is 3.17. The van der Waals surface area contributed by atoms with Crippen molar-refractivity contribution in [1.29, 1.82) is 0 Å². The van der Waals surface area contributed by atoms with Crippen LogP contribution < -0.4 is 10.1 Å². The minimum absolute atomic E-state index is 0.265. The molecule has 2 aliphatic heterocycles. The Balaban J connectivity index is 1.31. The molecule has 1 aliphatic carbocycles. The van der Waals surface area contributed by atoms with Gasteiger partial charge in [-0.3, -0.25) is 4.79 Å². The predicted molar refractivity (Wildman–Crippen MR) is 111 cm³/mol. The van der Waals surface area contributed by atoms with Crippen molar-refractivity contribution in [2.75, 3.05) is 33.3 Å². The van der Waals surface area contributed by atoms with Gasteiger partial charge in [0.05, 0.1) is 18.8 Å². The van der Waals surface area contributed by atoms with Gasteiger partial charge in [-0.25, -0.2) is 4.79 Å². The number of aliphatic hydroxyl groups is 1. The molecular formula is C23H32N2O5. The Bertz CT molecular complexity index is 746. The SMILES string of the molecule is COC(=O)c1ccc(O[C@@H]2C[C@@H]3CN(C(=O)CC4CCNCC4)C[C@@H]3C[C@H]2O)cc1. The molecule has 0 unspecified atom stereocenters. The van der Waals surface area contributed by atoms with Crippen LogP contribution in [0.5, 0.6) is 5.75 Å². The molecule has 4 rings (SSSR count). The lowest BCUT2D eigenvalue weighted by Gasteiger charge is -2.35. The maximum Gasteiger partial charge on any atom is 0.337 e. The van der Waals surface area contributed by atoms with Gasteiger partial charge in [-0.15, -0.1) is 0 Å². The van der Waals surface area contributed by atoms with Crippen LogP contribution in [0.2, 0.25) is 0 Å². The standard InChI is InChI=1S/C23H32N2O5/c1-29-23(28)16-2-4-19(5-3-16)30-21-12-18-14-25(13-17(18)11-20(21)26)22(27)10-15-6-8-24-9-7-15/h2-5,15,17-18,20-21,24,26H,6-14H2,1H3/t17-,18+,20+,21+/m0/s1. The van der Waals surface area contributed by atoms with Crippen LogP contribution in [-0.4, -0.2) is 67.4 Å². The van der Waals surface area contributed by atoms with Crippen LogP contribution in [0.4, 0.5) is 0 Å². The molecule has 1 saturated carbocycles. The van der Waals surface area contributed by atoms with Gasteiger partial charge in [0.25, 0.3) is 0 Å². The van der Waals surface area contributed by atoms with Crippen molar-refractivity contribution in [3.63, 3.8) is 0 Å². The second-order valence-electron chi connectivity index (χ2n) is 8.93. The molecule has 1 aromatic carbocycles. The maximum atomic E-state index is 12.8. The summed E-state index contributed by atoms with van der Waals surface area (Å²) in [6.45, 7) is 3.54. The Labute approximate surface area is 177 Å². The molecule has 2 saturated heterocycles. The first kappa shape index (κ1) is 21.1. The first-order valence-electron chi connectivity index (χ1n) is 11.0. The summed E-state index contributed by atoms with van der Waals surface area (Å²) in [6, 6.07) is 6.79. The molecule has 7 heteroatoms. The lowest BCUT2D eigenvalue weighted by atomic mass is 9.78. The molecule has 3 aliphatic rings. The maximum absolute atomic E-state index is 12.8. The largest absolute Gasteiger partial charge is 0.488 e. The highest BCUT2D eigenvalue weighted by atomic mass is 16.5. The van der Waals surface area contributed by atoms with E-state index >= 15 is 0 Å². The van der Waals surface area contributed by atoms with E-state index in [1.807, 2.05) is 4.90 Å². The number of aliphatic hydroxyl groups excluding tert-OH is 1. The second kappa shape index (κ2) is 9.35. The summed E-state index contributed by atoms with van der Waals surface area (Å²) in [5, 5.41) is 14.0. The molecule has 0 radical (unpaired) electrons. The number of nitrogens with zero attached hydrogens (tertiary/aromatic N) is 1.